The molecule has 1 atom stereocenters. The van der Waals surface area contributed by atoms with E-state index in [1.54, 1.807) is 30.1 Å². The van der Waals surface area contributed by atoms with Crippen LogP contribution in [0.1, 0.15) is 16.8 Å². The van der Waals surface area contributed by atoms with Crippen molar-refractivity contribution in [3.8, 4) is 11.5 Å². The Morgan fingerprint density at radius 2 is 2.33 bits per heavy atom. The lowest BCUT2D eigenvalue weighted by Crippen LogP contribution is -2.37. The zero-order chi connectivity index (χ0) is 13.1. The molecule has 0 bridgehead atoms. The molecule has 0 radical (unpaired) electrons. The molecule has 2 rings (SSSR count). The minimum absolute atomic E-state index is 0.0723. The molecule has 1 heterocycles. The van der Waals surface area contributed by atoms with Gasteiger partial charge in [0.05, 0.1) is 25.3 Å². The number of benzene rings is 1. The van der Waals surface area contributed by atoms with Crippen LogP contribution in [-0.2, 0) is 4.74 Å². The van der Waals surface area contributed by atoms with Crippen LogP contribution in [0.4, 0.5) is 0 Å². The van der Waals surface area contributed by atoms with Gasteiger partial charge in [-0.05, 0) is 18.6 Å². The largest absolute Gasteiger partial charge is 0.504 e. The van der Waals surface area contributed by atoms with Gasteiger partial charge in [0.25, 0.3) is 5.91 Å². The fraction of sp³-hybridized carbons (Fsp3) is 0.462. The SMILES string of the molecule is COc1cccc(C(=O)N(C)C2CCOC2)c1O. The summed E-state index contributed by atoms with van der Waals surface area (Å²) in [6, 6.07) is 4.96. The number of para-hydroxylation sites is 1. The normalized spacial score (nSPS) is 18.7. The molecular weight excluding hydrogens is 234 g/mol. The maximum Gasteiger partial charge on any atom is 0.257 e. The van der Waals surface area contributed by atoms with Crippen LogP contribution < -0.4 is 4.74 Å². The van der Waals surface area contributed by atoms with Gasteiger partial charge in [-0.1, -0.05) is 6.07 Å². The number of likely N-dealkylation sites (N-methyl/N-ethyl adjacent to an activating group) is 1. The molecule has 1 aromatic rings. The summed E-state index contributed by atoms with van der Waals surface area (Å²) in [5, 5.41) is 9.95. The second kappa shape index (κ2) is 5.27. The van der Waals surface area contributed by atoms with Gasteiger partial charge in [-0.15, -0.1) is 0 Å². The van der Waals surface area contributed by atoms with E-state index in [1.807, 2.05) is 0 Å². The van der Waals surface area contributed by atoms with E-state index in [9.17, 15) is 9.90 Å². The predicted molar refractivity (Wildman–Crippen MR) is 66.0 cm³/mol. The van der Waals surface area contributed by atoms with Crippen LogP contribution in [0.15, 0.2) is 18.2 Å². The van der Waals surface area contributed by atoms with Crippen LogP contribution in [0.5, 0.6) is 11.5 Å². The molecule has 1 aromatic carbocycles. The second-order valence-electron chi connectivity index (χ2n) is 4.29. The molecule has 5 nitrogen and oxygen atoms in total. The van der Waals surface area contributed by atoms with Crippen molar-refractivity contribution in [3.63, 3.8) is 0 Å². The number of hydrogen-bond donors (Lipinski definition) is 1. The summed E-state index contributed by atoms with van der Waals surface area (Å²) in [5.74, 6) is -0.0328. The first-order valence-electron chi connectivity index (χ1n) is 5.86. The Morgan fingerprint density at radius 1 is 1.56 bits per heavy atom. The fourth-order valence-electron chi connectivity index (χ4n) is 2.04. The Morgan fingerprint density at radius 3 is 2.94 bits per heavy atom. The molecule has 5 heteroatoms. The first-order valence-corrected chi connectivity index (χ1v) is 5.86. The van der Waals surface area contributed by atoms with Gasteiger partial charge < -0.3 is 19.5 Å². The highest BCUT2D eigenvalue weighted by Crippen LogP contribution is 2.30. The van der Waals surface area contributed by atoms with Crippen LogP contribution in [0.25, 0.3) is 0 Å². The number of aromatic hydroxyl groups is 1. The number of carbonyl (C=O) groups excluding carboxylic acids is 1. The number of nitrogens with zero attached hydrogens (tertiary/aromatic N) is 1. The van der Waals surface area contributed by atoms with E-state index in [2.05, 4.69) is 0 Å². The van der Waals surface area contributed by atoms with Crippen LogP contribution in [0.3, 0.4) is 0 Å². The highest BCUT2D eigenvalue weighted by Gasteiger charge is 2.27. The second-order valence-corrected chi connectivity index (χ2v) is 4.29. The summed E-state index contributed by atoms with van der Waals surface area (Å²) < 4.78 is 10.3. The van der Waals surface area contributed by atoms with E-state index in [-0.39, 0.29) is 23.3 Å². The van der Waals surface area contributed by atoms with Crippen molar-refractivity contribution >= 4 is 5.91 Å². The number of rotatable bonds is 3. The van der Waals surface area contributed by atoms with Crippen molar-refractivity contribution < 1.29 is 19.4 Å². The Bertz CT molecular complexity index is 441. The summed E-state index contributed by atoms with van der Waals surface area (Å²) >= 11 is 0. The number of phenols is 1. The van der Waals surface area contributed by atoms with Crippen molar-refractivity contribution in [3.05, 3.63) is 23.8 Å². The van der Waals surface area contributed by atoms with Gasteiger partial charge in [-0.3, -0.25) is 4.79 Å². The minimum atomic E-state index is -0.220. The standard InChI is InChI=1S/C13H17NO4/c1-14(9-6-7-18-8-9)13(16)10-4-3-5-11(17-2)12(10)15/h3-5,9,15H,6-8H2,1-2H3. The van der Waals surface area contributed by atoms with E-state index >= 15 is 0 Å². The zero-order valence-corrected chi connectivity index (χ0v) is 10.5. The first-order chi connectivity index (χ1) is 8.65. The molecule has 0 aliphatic carbocycles. The molecule has 1 unspecified atom stereocenters. The van der Waals surface area contributed by atoms with Crippen LogP contribution in [0.2, 0.25) is 0 Å². The molecule has 1 amide bonds. The molecule has 1 aliphatic rings. The smallest absolute Gasteiger partial charge is 0.257 e. The van der Waals surface area contributed by atoms with E-state index in [4.69, 9.17) is 9.47 Å². The molecule has 1 saturated heterocycles. The average Bonchev–Trinajstić information content (AvgIpc) is 2.91. The fourth-order valence-corrected chi connectivity index (χ4v) is 2.04. The van der Waals surface area contributed by atoms with Crippen LogP contribution >= 0.6 is 0 Å². The van der Waals surface area contributed by atoms with Crippen molar-refractivity contribution in [2.75, 3.05) is 27.4 Å². The summed E-state index contributed by atoms with van der Waals surface area (Å²) in [4.78, 5) is 13.9. The van der Waals surface area contributed by atoms with E-state index in [1.165, 1.54) is 7.11 Å². The number of phenolic OH excluding ortho intramolecular Hbond substituents is 1. The topological polar surface area (TPSA) is 59.0 Å². The van der Waals surface area contributed by atoms with Crippen LogP contribution in [-0.4, -0.2) is 49.3 Å². The Hall–Kier alpha value is -1.75. The number of hydrogen-bond acceptors (Lipinski definition) is 4. The zero-order valence-electron chi connectivity index (χ0n) is 10.5. The highest BCUT2D eigenvalue weighted by atomic mass is 16.5. The molecule has 98 valence electrons. The summed E-state index contributed by atoms with van der Waals surface area (Å²) in [5.41, 5.74) is 0.253. The summed E-state index contributed by atoms with van der Waals surface area (Å²) in [7, 11) is 3.18. The summed E-state index contributed by atoms with van der Waals surface area (Å²) in [6.45, 7) is 1.22. The summed E-state index contributed by atoms with van der Waals surface area (Å²) in [6.07, 6.45) is 0.826. The molecule has 1 aliphatic heterocycles. The van der Waals surface area contributed by atoms with Crippen molar-refractivity contribution in [2.45, 2.75) is 12.5 Å². The molecular formula is C13H17NO4. The lowest BCUT2D eigenvalue weighted by molar-refractivity contribution is 0.0707. The van der Waals surface area contributed by atoms with Gasteiger partial charge >= 0.3 is 0 Å². The number of ether oxygens (including phenoxy) is 2. The lowest BCUT2D eigenvalue weighted by atomic mass is 10.1. The lowest BCUT2D eigenvalue weighted by Gasteiger charge is -2.23. The third-order valence-corrected chi connectivity index (χ3v) is 3.22. The minimum Gasteiger partial charge on any atom is -0.504 e. The quantitative estimate of drug-likeness (QED) is 0.878. The maximum absolute atomic E-state index is 12.3. The monoisotopic (exact) mass is 251 g/mol. The van der Waals surface area contributed by atoms with Crippen molar-refractivity contribution in [1.82, 2.24) is 4.90 Å². The van der Waals surface area contributed by atoms with Gasteiger partial charge in [0.1, 0.15) is 0 Å². The van der Waals surface area contributed by atoms with Gasteiger partial charge in [0.2, 0.25) is 0 Å². The van der Waals surface area contributed by atoms with Gasteiger partial charge in [0.15, 0.2) is 11.5 Å². The third kappa shape index (κ3) is 2.26. The molecule has 1 fully saturated rings. The molecule has 18 heavy (non-hydrogen) atoms. The molecule has 0 aromatic heterocycles. The van der Waals surface area contributed by atoms with E-state index in [0.29, 0.717) is 19.0 Å². The van der Waals surface area contributed by atoms with Gasteiger partial charge in [0, 0.05) is 13.7 Å². The Labute approximate surface area is 106 Å². The van der Waals surface area contributed by atoms with Crippen molar-refractivity contribution in [2.24, 2.45) is 0 Å². The van der Waals surface area contributed by atoms with E-state index in [0.717, 1.165) is 6.42 Å². The third-order valence-electron chi connectivity index (χ3n) is 3.22. The first kappa shape index (κ1) is 12.7. The van der Waals surface area contributed by atoms with Crippen molar-refractivity contribution in [1.29, 1.82) is 0 Å². The predicted octanol–water partition coefficient (Wildman–Crippen LogP) is 1.26. The van der Waals surface area contributed by atoms with Gasteiger partial charge in [-0.25, -0.2) is 0 Å². The molecule has 0 spiro atoms. The Balaban J connectivity index is 2.22. The number of methoxy groups -OCH3 is 1. The van der Waals surface area contributed by atoms with Crippen LogP contribution in [0, 0.1) is 0 Å². The molecule has 0 saturated carbocycles. The molecule has 1 N–H and O–H groups in total. The maximum atomic E-state index is 12.3. The number of amides is 1. The Kier molecular flexibility index (Phi) is 3.72. The van der Waals surface area contributed by atoms with E-state index < -0.39 is 0 Å². The average molecular weight is 251 g/mol. The highest BCUT2D eigenvalue weighted by molar-refractivity contribution is 5.97. The van der Waals surface area contributed by atoms with Gasteiger partial charge in [-0.2, -0.15) is 0 Å². The number of carbonyl (C=O) groups is 1.